The van der Waals surface area contributed by atoms with Gasteiger partial charge in [-0.3, -0.25) is 14.9 Å². The number of fused-ring (bicyclic) bond motifs is 1. The van der Waals surface area contributed by atoms with Gasteiger partial charge < -0.3 is 5.32 Å². The van der Waals surface area contributed by atoms with Gasteiger partial charge in [0.1, 0.15) is 10.8 Å². The summed E-state index contributed by atoms with van der Waals surface area (Å²) >= 11 is 5.69. The Kier molecular flexibility index (Phi) is 2.85. The second-order valence-electron chi connectivity index (χ2n) is 3.80. The molecular weight excluding hydrogens is 266 g/mol. The van der Waals surface area contributed by atoms with Gasteiger partial charge in [0.2, 0.25) is 0 Å². The number of hydrogen-bond acceptors (Lipinski definition) is 4. The number of carbonyl (C=O) groups is 1. The molecule has 2 N–H and O–H groups in total. The second-order valence-corrected chi connectivity index (χ2v) is 4.19. The van der Waals surface area contributed by atoms with E-state index in [0.29, 0.717) is 5.82 Å². The van der Waals surface area contributed by atoms with Crippen molar-refractivity contribution in [2.24, 2.45) is 0 Å². The third-order valence-corrected chi connectivity index (χ3v) is 2.72. The fourth-order valence-corrected chi connectivity index (χ4v) is 1.83. The van der Waals surface area contributed by atoms with Gasteiger partial charge in [-0.15, -0.1) is 0 Å². The Labute approximate surface area is 112 Å². The van der Waals surface area contributed by atoms with E-state index in [4.69, 9.17) is 11.6 Å². The maximum absolute atomic E-state index is 12.0. The number of benzene rings is 1. The van der Waals surface area contributed by atoms with Crippen LogP contribution in [-0.2, 0) is 0 Å². The molecule has 3 aromatic rings. The first-order valence-electron chi connectivity index (χ1n) is 5.46. The van der Waals surface area contributed by atoms with Crippen molar-refractivity contribution in [2.45, 2.75) is 0 Å². The number of amides is 1. The molecule has 0 atom stereocenters. The molecule has 19 heavy (non-hydrogen) atoms. The van der Waals surface area contributed by atoms with Crippen molar-refractivity contribution in [2.75, 3.05) is 5.32 Å². The minimum Gasteiger partial charge on any atom is -0.303 e. The molecule has 3 rings (SSSR count). The van der Waals surface area contributed by atoms with E-state index in [2.05, 4.69) is 25.5 Å². The molecule has 0 saturated carbocycles. The summed E-state index contributed by atoms with van der Waals surface area (Å²) in [7, 11) is 0. The molecule has 1 amide bonds. The Hall–Kier alpha value is -2.47. The first-order chi connectivity index (χ1) is 9.24. The highest BCUT2D eigenvalue weighted by atomic mass is 35.5. The average molecular weight is 274 g/mol. The number of carbonyl (C=O) groups excluding carboxylic acids is 1. The summed E-state index contributed by atoms with van der Waals surface area (Å²) in [5, 5.41) is 10.5. The van der Waals surface area contributed by atoms with Crippen LogP contribution in [0.5, 0.6) is 0 Å². The number of nitrogens with zero attached hydrogens (tertiary/aromatic N) is 3. The molecule has 0 aliphatic rings. The van der Waals surface area contributed by atoms with Gasteiger partial charge in [0.25, 0.3) is 5.91 Å². The lowest BCUT2D eigenvalue weighted by Crippen LogP contribution is -2.14. The van der Waals surface area contributed by atoms with E-state index in [1.165, 1.54) is 12.4 Å². The molecule has 0 bridgehead atoms. The number of hydrogen-bond donors (Lipinski definition) is 2. The number of rotatable bonds is 2. The fourth-order valence-electron chi connectivity index (χ4n) is 1.68. The zero-order valence-corrected chi connectivity index (χ0v) is 10.3. The molecule has 2 heterocycles. The van der Waals surface area contributed by atoms with Crippen LogP contribution in [0.4, 0.5) is 5.82 Å². The van der Waals surface area contributed by atoms with E-state index >= 15 is 0 Å². The number of aromatic amines is 1. The van der Waals surface area contributed by atoms with E-state index < -0.39 is 5.91 Å². The van der Waals surface area contributed by atoms with Gasteiger partial charge in [-0.1, -0.05) is 23.7 Å². The molecule has 0 unspecified atom stereocenters. The Morgan fingerprint density at radius 1 is 1.26 bits per heavy atom. The van der Waals surface area contributed by atoms with Crippen LogP contribution in [-0.4, -0.2) is 26.1 Å². The van der Waals surface area contributed by atoms with Crippen LogP contribution in [0.3, 0.4) is 0 Å². The Bertz CT molecular complexity index is 754. The largest absolute Gasteiger partial charge is 0.303 e. The number of nitrogens with one attached hydrogen (secondary N) is 2. The van der Waals surface area contributed by atoms with E-state index in [1.807, 2.05) is 24.3 Å². The molecule has 0 radical (unpaired) electrons. The summed E-state index contributed by atoms with van der Waals surface area (Å²) in [6.07, 6.45) is 2.71. The quantitative estimate of drug-likeness (QED) is 0.750. The van der Waals surface area contributed by atoms with Crippen LogP contribution in [0.15, 0.2) is 36.7 Å². The van der Waals surface area contributed by atoms with Crippen LogP contribution in [0.25, 0.3) is 10.9 Å². The topological polar surface area (TPSA) is 83.6 Å². The number of H-pyrrole nitrogens is 1. The molecule has 0 aliphatic carbocycles. The lowest BCUT2D eigenvalue weighted by atomic mass is 10.2. The average Bonchev–Trinajstić information content (AvgIpc) is 2.82. The lowest BCUT2D eigenvalue weighted by molar-refractivity contribution is 0.102. The smallest absolute Gasteiger partial charge is 0.277 e. The second kappa shape index (κ2) is 4.66. The molecule has 7 heteroatoms. The Morgan fingerprint density at radius 3 is 2.95 bits per heavy atom. The van der Waals surface area contributed by atoms with E-state index in [-0.39, 0.29) is 10.8 Å². The van der Waals surface area contributed by atoms with Gasteiger partial charge in [-0.05, 0) is 12.1 Å². The van der Waals surface area contributed by atoms with Crippen LogP contribution >= 0.6 is 11.6 Å². The monoisotopic (exact) mass is 273 g/mol. The van der Waals surface area contributed by atoms with Gasteiger partial charge in [0.05, 0.1) is 17.9 Å². The van der Waals surface area contributed by atoms with Crippen molar-refractivity contribution in [1.29, 1.82) is 0 Å². The molecule has 0 spiro atoms. The highest BCUT2D eigenvalue weighted by Crippen LogP contribution is 2.19. The molecular formula is C12H8ClN5O. The number of anilines is 1. The van der Waals surface area contributed by atoms with Crippen LogP contribution in [0, 0.1) is 0 Å². The Balaban J connectivity index is 1.91. The maximum atomic E-state index is 12.0. The summed E-state index contributed by atoms with van der Waals surface area (Å²) in [6, 6.07) is 7.48. The lowest BCUT2D eigenvalue weighted by Gasteiger charge is -2.01. The predicted octanol–water partition coefficient (Wildman–Crippen LogP) is 2.26. The molecule has 1 aromatic carbocycles. The third-order valence-electron chi connectivity index (χ3n) is 2.54. The van der Waals surface area contributed by atoms with Crippen molar-refractivity contribution < 1.29 is 4.79 Å². The summed E-state index contributed by atoms with van der Waals surface area (Å²) < 4.78 is 0. The van der Waals surface area contributed by atoms with Crippen LogP contribution in [0.1, 0.15) is 10.5 Å². The molecule has 0 saturated heterocycles. The first kappa shape index (κ1) is 11.6. The first-order valence-corrected chi connectivity index (χ1v) is 5.84. The van der Waals surface area contributed by atoms with E-state index in [0.717, 1.165) is 10.9 Å². The van der Waals surface area contributed by atoms with Crippen molar-refractivity contribution in [3.05, 3.63) is 47.5 Å². The van der Waals surface area contributed by atoms with Gasteiger partial charge in [0.15, 0.2) is 5.82 Å². The summed E-state index contributed by atoms with van der Waals surface area (Å²) in [4.78, 5) is 19.7. The van der Waals surface area contributed by atoms with E-state index in [1.54, 1.807) is 0 Å². The summed E-state index contributed by atoms with van der Waals surface area (Å²) in [6.45, 7) is 0. The van der Waals surface area contributed by atoms with Crippen LogP contribution < -0.4 is 5.32 Å². The van der Waals surface area contributed by atoms with Crippen molar-refractivity contribution in [3.8, 4) is 0 Å². The SMILES string of the molecule is O=C(Nc1n[nH]c2ccccc12)c1cncc(Cl)n1. The summed E-state index contributed by atoms with van der Waals surface area (Å²) in [5.41, 5.74) is 0.981. The molecule has 6 nitrogen and oxygen atoms in total. The fraction of sp³-hybridized carbons (Fsp3) is 0. The highest BCUT2D eigenvalue weighted by molar-refractivity contribution is 6.29. The molecule has 2 aromatic heterocycles. The third kappa shape index (κ3) is 2.25. The number of para-hydroxylation sites is 1. The summed E-state index contributed by atoms with van der Waals surface area (Å²) in [5.74, 6) is 0.0367. The van der Waals surface area contributed by atoms with E-state index in [9.17, 15) is 4.79 Å². The van der Waals surface area contributed by atoms with Crippen molar-refractivity contribution >= 4 is 34.2 Å². The van der Waals surface area contributed by atoms with Gasteiger partial charge in [-0.2, -0.15) is 5.10 Å². The molecule has 0 fully saturated rings. The normalized spacial score (nSPS) is 10.6. The molecule has 0 aliphatic heterocycles. The molecule has 94 valence electrons. The predicted molar refractivity (Wildman–Crippen MR) is 71.1 cm³/mol. The minimum absolute atomic E-state index is 0.139. The highest BCUT2D eigenvalue weighted by Gasteiger charge is 2.12. The van der Waals surface area contributed by atoms with Gasteiger partial charge >= 0.3 is 0 Å². The van der Waals surface area contributed by atoms with Crippen LogP contribution in [0.2, 0.25) is 5.15 Å². The van der Waals surface area contributed by atoms with Crippen molar-refractivity contribution in [3.63, 3.8) is 0 Å². The Morgan fingerprint density at radius 2 is 2.11 bits per heavy atom. The zero-order valence-electron chi connectivity index (χ0n) is 9.59. The number of halogens is 1. The minimum atomic E-state index is -0.410. The standard InChI is InChI=1S/C12H8ClN5O/c13-10-6-14-5-9(15-10)12(19)16-11-7-3-1-2-4-8(7)17-18-11/h1-6H,(H2,16,17,18,19). The van der Waals surface area contributed by atoms with Gasteiger partial charge in [-0.25, -0.2) is 4.98 Å². The zero-order chi connectivity index (χ0) is 13.2. The van der Waals surface area contributed by atoms with Gasteiger partial charge in [0, 0.05) is 5.39 Å². The maximum Gasteiger partial charge on any atom is 0.277 e. The van der Waals surface area contributed by atoms with Crippen molar-refractivity contribution in [1.82, 2.24) is 20.2 Å². The number of aromatic nitrogens is 4.